The molecule has 0 spiro atoms. The Hall–Kier alpha value is -2.00. The average molecular weight is 449 g/mol. The van der Waals surface area contributed by atoms with E-state index in [9.17, 15) is 14.9 Å². The van der Waals surface area contributed by atoms with Gasteiger partial charge in [0.05, 0.1) is 22.1 Å². The molecule has 0 aliphatic carbocycles. The third-order valence-corrected chi connectivity index (χ3v) is 7.96. The highest BCUT2D eigenvalue weighted by Gasteiger charge is 2.40. The van der Waals surface area contributed by atoms with Gasteiger partial charge >= 0.3 is 5.69 Å². The number of benzene rings is 1. The first-order valence-electron chi connectivity index (χ1n) is 10.3. The Kier molecular flexibility index (Phi) is 7.82. The largest absolute Gasteiger partial charge is 0.332 e. The smallest absolute Gasteiger partial charge is 0.322 e. The minimum Gasteiger partial charge on any atom is -0.332 e. The van der Waals surface area contributed by atoms with E-state index in [-0.39, 0.29) is 33.6 Å². The number of hydrogen-bond donors (Lipinski definition) is 0. The first kappa shape index (κ1) is 22.7. The van der Waals surface area contributed by atoms with Crippen LogP contribution in [-0.4, -0.2) is 54.2 Å². The molecule has 162 valence electrons. The molecule has 1 saturated heterocycles. The lowest BCUT2D eigenvalue weighted by Crippen LogP contribution is -2.41. The molecule has 9 heteroatoms. The molecule has 1 aliphatic rings. The first-order valence-corrected chi connectivity index (χ1v) is 12.4. The van der Waals surface area contributed by atoms with Crippen LogP contribution in [0.5, 0.6) is 0 Å². The van der Waals surface area contributed by atoms with E-state index in [1.54, 1.807) is 6.92 Å². The molecule has 1 aliphatic heterocycles. The van der Waals surface area contributed by atoms with Gasteiger partial charge in [-0.05, 0) is 36.8 Å². The number of rotatable bonds is 9. The predicted octanol–water partition coefficient (Wildman–Crippen LogP) is 4.58. The van der Waals surface area contributed by atoms with Crippen molar-refractivity contribution in [3.05, 3.63) is 57.4 Å². The van der Waals surface area contributed by atoms with Gasteiger partial charge in [-0.3, -0.25) is 14.9 Å². The predicted molar refractivity (Wildman–Crippen MR) is 123 cm³/mol. The highest BCUT2D eigenvalue weighted by atomic mass is 32.2. The fourth-order valence-corrected chi connectivity index (χ4v) is 6.80. The molecule has 7 nitrogen and oxygen atoms in total. The molecule has 1 aromatic carbocycles. The van der Waals surface area contributed by atoms with Gasteiger partial charge in [-0.2, -0.15) is 5.10 Å². The number of nitro groups is 1. The van der Waals surface area contributed by atoms with Crippen molar-refractivity contribution in [2.75, 3.05) is 18.1 Å². The van der Waals surface area contributed by atoms with Gasteiger partial charge in [0.15, 0.2) is 0 Å². The van der Waals surface area contributed by atoms with Crippen LogP contribution in [0.3, 0.4) is 0 Å². The normalized spacial score (nSPS) is 16.4. The Labute approximate surface area is 185 Å². The summed E-state index contributed by atoms with van der Waals surface area (Å²) in [6, 6.07) is 9.67. The summed E-state index contributed by atoms with van der Waals surface area (Å²) in [6.45, 7) is 6.80. The Morgan fingerprint density at radius 2 is 1.93 bits per heavy atom. The van der Waals surface area contributed by atoms with Gasteiger partial charge in [-0.25, -0.2) is 4.68 Å². The lowest BCUT2D eigenvalue weighted by Gasteiger charge is -2.30. The monoisotopic (exact) mass is 448 g/mol. The van der Waals surface area contributed by atoms with Gasteiger partial charge in [-0.1, -0.05) is 44.2 Å². The van der Waals surface area contributed by atoms with Crippen LogP contribution < -0.4 is 0 Å². The van der Waals surface area contributed by atoms with E-state index in [0.717, 1.165) is 29.9 Å². The summed E-state index contributed by atoms with van der Waals surface area (Å²) in [4.78, 5) is 26.9. The third-order valence-electron chi connectivity index (χ3n) is 5.19. The topological polar surface area (TPSA) is 81.3 Å². The number of carbonyl (C=O) groups is 1. The third kappa shape index (κ3) is 4.83. The van der Waals surface area contributed by atoms with Crippen molar-refractivity contribution >= 4 is 35.1 Å². The molecule has 0 bridgehead atoms. The molecule has 1 atom stereocenters. The first-order chi connectivity index (χ1) is 14.5. The van der Waals surface area contributed by atoms with Crippen molar-refractivity contribution in [1.29, 1.82) is 0 Å². The molecule has 1 aromatic heterocycles. The van der Waals surface area contributed by atoms with Crippen LogP contribution in [0.15, 0.2) is 30.3 Å². The molecule has 1 amide bonds. The highest BCUT2D eigenvalue weighted by Crippen LogP contribution is 2.37. The SMILES string of the molecule is CCSC(SCC)[C@@H]1CCCN1C(=O)c1c([N+](=O)[O-])c(C)nn1Cc1ccccc1. The highest BCUT2D eigenvalue weighted by molar-refractivity contribution is 8.17. The number of nitrogens with zero attached hydrogens (tertiary/aromatic N) is 4. The zero-order valence-corrected chi connectivity index (χ0v) is 19.2. The summed E-state index contributed by atoms with van der Waals surface area (Å²) >= 11 is 3.70. The van der Waals surface area contributed by atoms with Crippen LogP contribution in [0.2, 0.25) is 0 Å². The summed E-state index contributed by atoms with van der Waals surface area (Å²) in [7, 11) is 0. The zero-order valence-electron chi connectivity index (χ0n) is 17.6. The van der Waals surface area contributed by atoms with Crippen LogP contribution >= 0.6 is 23.5 Å². The van der Waals surface area contributed by atoms with Gasteiger partial charge in [-0.15, -0.1) is 23.5 Å². The summed E-state index contributed by atoms with van der Waals surface area (Å²) < 4.78 is 1.78. The second-order valence-corrected chi connectivity index (χ2v) is 10.3. The van der Waals surface area contributed by atoms with Crippen molar-refractivity contribution in [2.45, 2.75) is 50.8 Å². The molecule has 0 N–H and O–H groups in total. The van der Waals surface area contributed by atoms with E-state index < -0.39 is 4.92 Å². The van der Waals surface area contributed by atoms with E-state index in [0.29, 0.717) is 13.1 Å². The van der Waals surface area contributed by atoms with Crippen LogP contribution in [-0.2, 0) is 6.54 Å². The molecule has 2 heterocycles. The number of aryl methyl sites for hydroxylation is 1. The molecule has 0 unspecified atom stereocenters. The number of thioether (sulfide) groups is 2. The second kappa shape index (κ2) is 10.3. The zero-order chi connectivity index (χ0) is 21.7. The number of carbonyl (C=O) groups excluding carboxylic acids is 1. The van der Waals surface area contributed by atoms with E-state index in [1.165, 1.54) is 4.68 Å². The van der Waals surface area contributed by atoms with Crippen molar-refractivity contribution in [3.63, 3.8) is 0 Å². The van der Waals surface area contributed by atoms with Crippen molar-refractivity contribution in [1.82, 2.24) is 14.7 Å². The average Bonchev–Trinajstić information content (AvgIpc) is 3.32. The van der Waals surface area contributed by atoms with Crippen LogP contribution in [0, 0.1) is 17.0 Å². The van der Waals surface area contributed by atoms with Crippen LogP contribution in [0.1, 0.15) is 48.4 Å². The quantitative estimate of drug-likeness (QED) is 0.317. The summed E-state index contributed by atoms with van der Waals surface area (Å²) in [5.41, 5.74) is 1.14. The molecular weight excluding hydrogens is 420 g/mol. The van der Waals surface area contributed by atoms with Crippen LogP contribution in [0.25, 0.3) is 0 Å². The van der Waals surface area contributed by atoms with Crippen molar-refractivity contribution in [3.8, 4) is 0 Å². The second-order valence-electron chi connectivity index (χ2n) is 7.17. The van der Waals surface area contributed by atoms with Gasteiger partial charge in [0.25, 0.3) is 5.91 Å². The fraction of sp³-hybridized carbons (Fsp3) is 0.524. The van der Waals surface area contributed by atoms with E-state index in [1.807, 2.05) is 58.8 Å². The molecule has 0 saturated carbocycles. The maximum atomic E-state index is 13.7. The van der Waals surface area contributed by atoms with Gasteiger partial charge in [0, 0.05) is 6.54 Å². The Morgan fingerprint density at radius 1 is 1.27 bits per heavy atom. The maximum Gasteiger partial charge on any atom is 0.322 e. The van der Waals surface area contributed by atoms with Gasteiger partial charge in [0.1, 0.15) is 5.69 Å². The lowest BCUT2D eigenvalue weighted by molar-refractivity contribution is -0.385. The Balaban J connectivity index is 1.98. The Bertz CT molecular complexity index is 882. The van der Waals surface area contributed by atoms with E-state index in [2.05, 4.69) is 18.9 Å². The number of aromatic nitrogens is 2. The van der Waals surface area contributed by atoms with Crippen molar-refractivity contribution < 1.29 is 9.72 Å². The lowest BCUT2D eigenvalue weighted by atomic mass is 10.2. The number of likely N-dealkylation sites (tertiary alicyclic amines) is 1. The molecule has 30 heavy (non-hydrogen) atoms. The van der Waals surface area contributed by atoms with Crippen LogP contribution in [0.4, 0.5) is 5.69 Å². The van der Waals surface area contributed by atoms with Gasteiger partial charge in [0.2, 0.25) is 5.69 Å². The number of amides is 1. The standard InChI is InChI=1S/C21H28N4O3S2/c1-4-29-21(30-5-2)17-12-9-13-23(17)20(26)19-18(25(27)28)15(3)22-24(19)14-16-10-7-6-8-11-16/h6-8,10-11,17,21H,4-5,9,12-14H2,1-3H3/t17-/m0/s1. The fourth-order valence-electron chi connectivity index (χ4n) is 3.94. The summed E-state index contributed by atoms with van der Waals surface area (Å²) in [5.74, 6) is 1.67. The molecular formula is C21H28N4O3S2. The number of hydrogen-bond acceptors (Lipinski definition) is 6. The summed E-state index contributed by atoms with van der Waals surface area (Å²) in [6.07, 6.45) is 1.84. The van der Waals surface area contributed by atoms with Crippen molar-refractivity contribution in [2.24, 2.45) is 0 Å². The van der Waals surface area contributed by atoms with E-state index in [4.69, 9.17) is 0 Å². The minimum absolute atomic E-state index is 0.0763. The molecule has 1 fully saturated rings. The molecule has 0 radical (unpaired) electrons. The minimum atomic E-state index is -0.471. The van der Waals surface area contributed by atoms with Gasteiger partial charge < -0.3 is 4.90 Å². The molecule has 3 rings (SSSR count). The molecule has 2 aromatic rings. The van der Waals surface area contributed by atoms with E-state index >= 15 is 0 Å². The Morgan fingerprint density at radius 3 is 2.53 bits per heavy atom. The maximum absolute atomic E-state index is 13.7. The summed E-state index contributed by atoms with van der Waals surface area (Å²) in [5, 5.41) is 16.2.